The molecule has 1 saturated heterocycles. The summed E-state index contributed by atoms with van der Waals surface area (Å²) >= 11 is 2.11. The molecular weight excluding hydrogens is 194 g/mol. The molecule has 1 nitrogen and oxygen atoms in total. The van der Waals surface area contributed by atoms with E-state index < -0.39 is 0 Å². The minimum absolute atomic E-state index is 0.333. The van der Waals surface area contributed by atoms with Gasteiger partial charge in [0.1, 0.15) is 0 Å². The molecule has 0 unspecified atom stereocenters. The van der Waals surface area contributed by atoms with Crippen molar-refractivity contribution in [2.24, 2.45) is 0 Å². The van der Waals surface area contributed by atoms with Crippen molar-refractivity contribution < 1.29 is 0 Å². The fraction of sp³-hybridized carbons (Fsp3) is 1.00. The molecule has 1 aliphatic heterocycles. The molecule has 0 amide bonds. The maximum atomic E-state index is 2.65. The predicted octanol–water partition coefficient (Wildman–Crippen LogP) is 1.84. The molecule has 0 aromatic carbocycles. The molecule has 1 aliphatic rings. The Bertz CT molecular complexity index is 115. The van der Waals surface area contributed by atoms with Gasteiger partial charge in [-0.15, -0.1) is 0 Å². The lowest BCUT2D eigenvalue weighted by Gasteiger charge is -2.25. The molecule has 0 aromatic heterocycles. The van der Waals surface area contributed by atoms with Crippen LogP contribution < -0.4 is 0 Å². The molecule has 1 heterocycles. The fourth-order valence-corrected chi connectivity index (χ4v) is 4.17. The SMILES string of the molecule is CCC[SiH2]CCCN1CCSCC1. The number of hydrogen-bond donors (Lipinski definition) is 0. The van der Waals surface area contributed by atoms with Gasteiger partial charge < -0.3 is 4.90 Å². The molecular formula is C10H23NSSi. The number of nitrogens with zero attached hydrogens (tertiary/aromatic N) is 1. The predicted molar refractivity (Wildman–Crippen MR) is 66.8 cm³/mol. The van der Waals surface area contributed by atoms with Crippen LogP contribution in [0.1, 0.15) is 19.8 Å². The van der Waals surface area contributed by atoms with Crippen LogP contribution in [0, 0.1) is 0 Å². The van der Waals surface area contributed by atoms with E-state index in [1.807, 2.05) is 0 Å². The Kier molecular flexibility index (Phi) is 7.04. The van der Waals surface area contributed by atoms with Gasteiger partial charge in [-0.3, -0.25) is 0 Å². The average molecular weight is 217 g/mol. The number of thioether (sulfide) groups is 1. The Morgan fingerprint density at radius 1 is 1.23 bits per heavy atom. The van der Waals surface area contributed by atoms with Crippen LogP contribution in [-0.2, 0) is 0 Å². The zero-order valence-electron chi connectivity index (χ0n) is 8.93. The smallest absolute Gasteiger partial charge is 0.0198 e. The van der Waals surface area contributed by atoms with Crippen LogP contribution in [0.25, 0.3) is 0 Å². The van der Waals surface area contributed by atoms with E-state index in [4.69, 9.17) is 0 Å². The molecule has 78 valence electrons. The normalized spacial score (nSPS) is 20.1. The van der Waals surface area contributed by atoms with E-state index in [1.54, 1.807) is 12.1 Å². The Balaban J connectivity index is 1.86. The second kappa shape index (κ2) is 7.89. The van der Waals surface area contributed by atoms with Gasteiger partial charge in [-0.05, 0) is 13.0 Å². The first-order chi connectivity index (χ1) is 6.43. The van der Waals surface area contributed by atoms with Crippen molar-refractivity contribution in [3.63, 3.8) is 0 Å². The molecule has 0 aliphatic carbocycles. The van der Waals surface area contributed by atoms with Crippen LogP contribution in [0.4, 0.5) is 0 Å². The summed E-state index contributed by atoms with van der Waals surface area (Å²) in [6.07, 6.45) is 2.91. The van der Waals surface area contributed by atoms with Crippen molar-refractivity contribution in [1.82, 2.24) is 4.90 Å². The molecule has 0 bridgehead atoms. The topological polar surface area (TPSA) is 3.24 Å². The molecule has 0 aromatic rings. The lowest BCUT2D eigenvalue weighted by Crippen LogP contribution is -2.33. The minimum Gasteiger partial charge on any atom is -0.302 e. The van der Waals surface area contributed by atoms with Crippen LogP contribution in [0.2, 0.25) is 12.1 Å². The first kappa shape index (κ1) is 11.6. The van der Waals surface area contributed by atoms with Gasteiger partial charge in [0, 0.05) is 34.1 Å². The van der Waals surface area contributed by atoms with Crippen molar-refractivity contribution in [3.8, 4) is 0 Å². The summed E-state index contributed by atoms with van der Waals surface area (Å²) in [5.41, 5.74) is 0. The van der Waals surface area contributed by atoms with Gasteiger partial charge in [0.05, 0.1) is 0 Å². The van der Waals surface area contributed by atoms with Crippen LogP contribution in [-0.4, -0.2) is 45.6 Å². The third kappa shape index (κ3) is 5.76. The van der Waals surface area contributed by atoms with Crippen LogP contribution in [0.5, 0.6) is 0 Å². The van der Waals surface area contributed by atoms with Crippen molar-refractivity contribution in [2.45, 2.75) is 31.9 Å². The van der Waals surface area contributed by atoms with Crippen LogP contribution in [0.3, 0.4) is 0 Å². The van der Waals surface area contributed by atoms with E-state index in [1.165, 1.54) is 44.0 Å². The van der Waals surface area contributed by atoms with Crippen molar-refractivity contribution in [3.05, 3.63) is 0 Å². The molecule has 3 heteroatoms. The largest absolute Gasteiger partial charge is 0.302 e. The highest BCUT2D eigenvalue weighted by Gasteiger charge is 2.08. The third-order valence-electron chi connectivity index (χ3n) is 2.68. The van der Waals surface area contributed by atoms with Crippen molar-refractivity contribution in [1.29, 1.82) is 0 Å². The molecule has 1 rings (SSSR count). The second-order valence-electron chi connectivity index (χ2n) is 3.87. The highest BCUT2D eigenvalue weighted by atomic mass is 32.2. The molecule has 0 saturated carbocycles. The zero-order valence-corrected chi connectivity index (χ0v) is 11.2. The molecule has 1 fully saturated rings. The summed E-state index contributed by atoms with van der Waals surface area (Å²) in [4.78, 5) is 2.65. The maximum Gasteiger partial charge on any atom is 0.0198 e. The highest BCUT2D eigenvalue weighted by molar-refractivity contribution is 7.99. The van der Waals surface area contributed by atoms with Crippen molar-refractivity contribution in [2.75, 3.05) is 31.1 Å². The fourth-order valence-electron chi connectivity index (χ4n) is 1.76. The summed E-state index contributed by atoms with van der Waals surface area (Å²) in [7, 11) is 0.333. The van der Waals surface area contributed by atoms with Gasteiger partial charge in [0.25, 0.3) is 0 Å². The maximum absolute atomic E-state index is 2.65. The quantitative estimate of drug-likeness (QED) is 0.493. The Morgan fingerprint density at radius 3 is 2.69 bits per heavy atom. The van der Waals surface area contributed by atoms with Gasteiger partial charge in [0.2, 0.25) is 0 Å². The Morgan fingerprint density at radius 2 is 2.00 bits per heavy atom. The minimum atomic E-state index is 0.333. The lowest BCUT2D eigenvalue weighted by atomic mass is 10.4. The average Bonchev–Trinajstić information content (AvgIpc) is 2.19. The molecule has 0 spiro atoms. The summed E-state index contributed by atoms with van der Waals surface area (Å²) in [5.74, 6) is 2.73. The van der Waals surface area contributed by atoms with Crippen LogP contribution in [0.15, 0.2) is 0 Å². The zero-order chi connectivity index (χ0) is 9.36. The number of rotatable bonds is 6. The highest BCUT2D eigenvalue weighted by Crippen LogP contribution is 2.09. The summed E-state index contributed by atoms with van der Waals surface area (Å²) in [5, 5.41) is 0. The molecule has 0 N–H and O–H groups in total. The van der Waals surface area contributed by atoms with E-state index in [-0.39, 0.29) is 0 Å². The van der Waals surface area contributed by atoms with Crippen LogP contribution >= 0.6 is 11.8 Å². The van der Waals surface area contributed by atoms with E-state index in [9.17, 15) is 0 Å². The summed E-state index contributed by atoms with van der Waals surface area (Å²) in [6.45, 7) is 6.39. The first-order valence-electron chi connectivity index (χ1n) is 5.73. The molecule has 13 heavy (non-hydrogen) atoms. The third-order valence-corrected chi connectivity index (χ3v) is 5.83. The molecule has 0 radical (unpaired) electrons. The van der Waals surface area contributed by atoms with Gasteiger partial charge in [-0.25, -0.2) is 0 Å². The second-order valence-corrected chi connectivity index (χ2v) is 7.21. The Labute approximate surface area is 89.5 Å². The van der Waals surface area contributed by atoms with E-state index in [0.29, 0.717) is 9.52 Å². The Hall–Kier alpha value is 0.527. The van der Waals surface area contributed by atoms with E-state index >= 15 is 0 Å². The van der Waals surface area contributed by atoms with Gasteiger partial charge in [-0.2, -0.15) is 11.8 Å². The van der Waals surface area contributed by atoms with Gasteiger partial charge in [-0.1, -0.05) is 25.4 Å². The summed E-state index contributed by atoms with van der Waals surface area (Å²) < 4.78 is 0. The monoisotopic (exact) mass is 217 g/mol. The van der Waals surface area contributed by atoms with E-state index in [2.05, 4.69) is 23.6 Å². The van der Waals surface area contributed by atoms with Crippen molar-refractivity contribution >= 4 is 21.3 Å². The number of hydrogen-bond acceptors (Lipinski definition) is 2. The summed E-state index contributed by atoms with van der Waals surface area (Å²) in [6, 6.07) is 3.15. The first-order valence-corrected chi connectivity index (χ1v) is 8.89. The molecule has 0 atom stereocenters. The lowest BCUT2D eigenvalue weighted by molar-refractivity contribution is 0.303. The van der Waals surface area contributed by atoms with Gasteiger partial charge >= 0.3 is 0 Å². The van der Waals surface area contributed by atoms with Gasteiger partial charge in [0.15, 0.2) is 0 Å². The standard InChI is InChI=1S/C10H23NSSi/c1-2-9-13-10-3-4-11-5-7-12-8-6-11/h2-10,13H2,1H3. The van der Waals surface area contributed by atoms with E-state index in [0.717, 1.165) is 0 Å².